The van der Waals surface area contributed by atoms with E-state index in [4.69, 9.17) is 14.7 Å². The van der Waals surface area contributed by atoms with Gasteiger partial charge in [0, 0.05) is 19.0 Å². The lowest BCUT2D eigenvalue weighted by molar-refractivity contribution is -0.137. The number of imidazole rings is 2. The lowest BCUT2D eigenvalue weighted by Crippen LogP contribution is -2.51. The predicted molar refractivity (Wildman–Crippen MR) is 219 cm³/mol. The van der Waals surface area contributed by atoms with E-state index in [0.717, 1.165) is 75.6 Å². The molecule has 0 aliphatic carbocycles. The van der Waals surface area contributed by atoms with Crippen LogP contribution in [-0.4, -0.2) is 73.9 Å². The summed E-state index contributed by atoms with van der Waals surface area (Å²) in [5, 5.41) is 2.72. The van der Waals surface area contributed by atoms with E-state index >= 15 is 0 Å². The molecule has 5 aromatic rings. The molecular formula is C45H55N7O4. The fourth-order valence-electron chi connectivity index (χ4n) is 8.24. The van der Waals surface area contributed by atoms with Gasteiger partial charge in [-0.2, -0.15) is 0 Å². The van der Waals surface area contributed by atoms with Gasteiger partial charge in [-0.1, -0.05) is 103 Å². The number of carbonyl (C=O) groups excluding carboxylic acids is 3. The number of H-pyrrole nitrogens is 2. The predicted octanol–water partition coefficient (Wildman–Crippen LogP) is 8.78. The Balaban J connectivity index is 1.04. The Morgan fingerprint density at radius 1 is 0.714 bits per heavy atom. The molecule has 2 aromatic heterocycles. The number of benzene rings is 3. The van der Waals surface area contributed by atoms with E-state index in [1.54, 1.807) is 0 Å². The summed E-state index contributed by atoms with van der Waals surface area (Å²) in [5.74, 6) is 2.58. The van der Waals surface area contributed by atoms with Crippen molar-refractivity contribution < 1.29 is 19.1 Å². The summed E-state index contributed by atoms with van der Waals surface area (Å²) < 4.78 is 4.78. The number of amides is 3. The van der Waals surface area contributed by atoms with Crippen LogP contribution < -0.4 is 5.32 Å². The van der Waals surface area contributed by atoms with Gasteiger partial charge in [-0.05, 0) is 76.5 Å². The first-order valence-corrected chi connectivity index (χ1v) is 20.0. The molecule has 0 spiro atoms. The first-order chi connectivity index (χ1) is 26.8. The Bertz CT molecular complexity index is 2190. The van der Waals surface area contributed by atoms with Crippen molar-refractivity contribution >= 4 is 28.9 Å². The lowest BCUT2D eigenvalue weighted by atomic mass is 9.96. The van der Waals surface area contributed by atoms with Gasteiger partial charge in [0.2, 0.25) is 11.8 Å². The molecule has 2 aliphatic heterocycles. The van der Waals surface area contributed by atoms with E-state index in [9.17, 15) is 14.4 Å². The number of nitrogens with zero attached hydrogens (tertiary/aromatic N) is 4. The van der Waals surface area contributed by atoms with Crippen molar-refractivity contribution in [3.05, 3.63) is 84.6 Å². The topological polar surface area (TPSA) is 136 Å². The summed E-state index contributed by atoms with van der Waals surface area (Å²) in [7, 11) is 1.30. The summed E-state index contributed by atoms with van der Waals surface area (Å²) in [6, 6.07) is 22.4. The molecule has 3 N–H and O–H groups in total. The highest BCUT2D eigenvalue weighted by molar-refractivity contribution is 5.87. The largest absolute Gasteiger partial charge is 0.453 e. The summed E-state index contributed by atoms with van der Waals surface area (Å²) in [5.41, 5.74) is 8.19. The normalized spacial score (nSPS) is 20.9. The number of hydrogen-bond acceptors (Lipinski definition) is 6. The number of hydrogen-bond donors (Lipinski definition) is 3. The van der Waals surface area contributed by atoms with Crippen molar-refractivity contribution in [2.45, 2.75) is 79.4 Å². The van der Waals surface area contributed by atoms with Crippen LogP contribution in [0.4, 0.5) is 4.79 Å². The monoisotopic (exact) mass is 757 g/mol. The summed E-state index contributed by atoms with van der Waals surface area (Å²) in [4.78, 5) is 59.7. The van der Waals surface area contributed by atoms with E-state index in [0.29, 0.717) is 24.3 Å². The van der Waals surface area contributed by atoms with Gasteiger partial charge in [-0.25, -0.2) is 14.8 Å². The van der Waals surface area contributed by atoms with Crippen LogP contribution in [0.5, 0.6) is 0 Å². The minimum absolute atomic E-state index is 0.0232. The third kappa shape index (κ3) is 7.81. The third-order valence-corrected chi connectivity index (χ3v) is 11.8. The van der Waals surface area contributed by atoms with Gasteiger partial charge in [0.1, 0.15) is 17.7 Å². The number of methoxy groups -OCH3 is 1. The molecule has 0 bridgehead atoms. The smallest absolute Gasteiger partial charge is 0.407 e. The first kappa shape index (κ1) is 38.8. The number of ether oxygens (including phenoxy) is 1. The van der Waals surface area contributed by atoms with Crippen molar-refractivity contribution in [1.82, 2.24) is 35.1 Å². The zero-order chi connectivity index (χ0) is 39.8. The van der Waals surface area contributed by atoms with Gasteiger partial charge in [-0.15, -0.1) is 0 Å². The van der Waals surface area contributed by atoms with Gasteiger partial charge in [0.15, 0.2) is 0 Å². The maximum absolute atomic E-state index is 13.7. The van der Waals surface area contributed by atoms with Crippen molar-refractivity contribution in [1.29, 1.82) is 0 Å². The van der Waals surface area contributed by atoms with Crippen molar-refractivity contribution in [2.75, 3.05) is 20.2 Å². The number of alkyl carbamates (subject to hydrolysis) is 1. The van der Waals surface area contributed by atoms with Crippen LogP contribution in [0.25, 0.3) is 44.5 Å². The molecule has 11 heteroatoms. The lowest BCUT2D eigenvalue weighted by Gasteiger charge is -2.30. The molecule has 2 fully saturated rings. The molecule has 294 valence electrons. The molecule has 2 aliphatic rings. The van der Waals surface area contributed by atoms with Gasteiger partial charge >= 0.3 is 6.09 Å². The Labute approximate surface area is 329 Å². The second-order valence-electron chi connectivity index (χ2n) is 16.8. The van der Waals surface area contributed by atoms with Crippen LogP contribution in [-0.2, 0) is 14.3 Å². The average molecular weight is 758 g/mol. The van der Waals surface area contributed by atoms with E-state index in [2.05, 4.69) is 110 Å². The Morgan fingerprint density at radius 3 is 1.82 bits per heavy atom. The molecule has 0 radical (unpaired) electrons. The Kier molecular flexibility index (Phi) is 11.1. The van der Waals surface area contributed by atoms with Crippen LogP contribution in [0.2, 0.25) is 0 Å². The van der Waals surface area contributed by atoms with Crippen LogP contribution in [0.15, 0.2) is 72.9 Å². The summed E-state index contributed by atoms with van der Waals surface area (Å²) in [6.07, 6.45) is 2.91. The number of carbonyl (C=O) groups is 3. The Hall–Kier alpha value is -5.45. The van der Waals surface area contributed by atoms with Gasteiger partial charge in [-0.3, -0.25) is 9.59 Å². The fourth-order valence-corrected chi connectivity index (χ4v) is 8.24. The minimum atomic E-state index is -0.686. The molecule has 2 saturated heterocycles. The molecule has 0 saturated carbocycles. The van der Waals surface area contributed by atoms with Gasteiger partial charge in [0.05, 0.1) is 42.1 Å². The molecule has 0 unspecified atom stereocenters. The van der Waals surface area contributed by atoms with Crippen LogP contribution in [0, 0.1) is 29.6 Å². The van der Waals surface area contributed by atoms with E-state index in [1.165, 1.54) is 7.11 Å². The second kappa shape index (κ2) is 16.0. The SMILES string of the molecule is COC(=O)N[C@H](C(=O)N1C[C@@H](C)C[C@H]1c1ncc(-c2ccc(-c3ccc(-c4ccc5nc([C@@H]6C[C@H](C)CN6C(=O)[C@@H](C)C(C)C)[nH]c5c4)cc3)cc2)[nH]1)C(C)C. The van der Waals surface area contributed by atoms with Gasteiger partial charge in [0.25, 0.3) is 0 Å². The van der Waals surface area contributed by atoms with E-state index in [-0.39, 0.29) is 35.7 Å². The molecule has 3 amide bonds. The average Bonchev–Trinajstić information content (AvgIpc) is 4.01. The molecule has 4 heterocycles. The Morgan fingerprint density at radius 2 is 1.25 bits per heavy atom. The van der Waals surface area contributed by atoms with Crippen LogP contribution >= 0.6 is 0 Å². The molecule has 56 heavy (non-hydrogen) atoms. The second-order valence-corrected chi connectivity index (χ2v) is 16.8. The van der Waals surface area contributed by atoms with Gasteiger partial charge < -0.3 is 29.8 Å². The maximum atomic E-state index is 13.7. The number of rotatable bonds is 10. The number of nitrogens with one attached hydrogen (secondary N) is 3. The molecule has 6 atom stereocenters. The van der Waals surface area contributed by atoms with Crippen molar-refractivity contribution in [3.63, 3.8) is 0 Å². The highest BCUT2D eigenvalue weighted by Gasteiger charge is 2.41. The van der Waals surface area contributed by atoms with Crippen LogP contribution in [0.3, 0.4) is 0 Å². The maximum Gasteiger partial charge on any atom is 0.407 e. The number of aromatic amines is 2. The summed E-state index contributed by atoms with van der Waals surface area (Å²) >= 11 is 0. The number of fused-ring (bicyclic) bond motifs is 1. The highest BCUT2D eigenvalue weighted by atomic mass is 16.5. The number of likely N-dealkylation sites (tertiary alicyclic amines) is 2. The minimum Gasteiger partial charge on any atom is -0.453 e. The molecule has 11 nitrogen and oxygen atoms in total. The van der Waals surface area contributed by atoms with Crippen molar-refractivity contribution in [3.8, 4) is 33.5 Å². The van der Waals surface area contributed by atoms with E-state index < -0.39 is 12.1 Å². The first-order valence-electron chi connectivity index (χ1n) is 20.0. The molecule has 7 rings (SSSR count). The highest BCUT2D eigenvalue weighted by Crippen LogP contribution is 2.38. The fraction of sp³-hybridized carbons (Fsp3) is 0.444. The standard InChI is InChI=1S/C45H55N7O4/c1-25(2)29(7)43(53)51-23-28(6)20-39(51)42-47-35-18-17-34(21-36(35)48-42)32-11-9-30(10-12-32)31-13-15-33(16-14-31)37-22-46-41(49-37)38-19-27(5)24-52(38)44(54)40(26(3)4)50-45(55)56-8/h9-18,21-22,25-29,38-40H,19-20,23-24H2,1-8H3,(H,46,49)(H,47,48)(H,50,55)/t27-,28-,29-,38-,39-,40-/m0/s1. The van der Waals surface area contributed by atoms with Crippen LogP contribution in [0.1, 0.15) is 85.0 Å². The molecular weight excluding hydrogens is 703 g/mol. The van der Waals surface area contributed by atoms with Crippen molar-refractivity contribution in [2.24, 2.45) is 29.6 Å². The third-order valence-electron chi connectivity index (χ3n) is 11.8. The number of aromatic nitrogens is 4. The zero-order valence-corrected chi connectivity index (χ0v) is 33.8. The van der Waals surface area contributed by atoms with E-state index in [1.807, 2.05) is 36.8 Å². The summed E-state index contributed by atoms with van der Waals surface area (Å²) in [6.45, 7) is 15.8. The zero-order valence-electron chi connectivity index (χ0n) is 33.8. The quantitative estimate of drug-likeness (QED) is 0.130. The molecule has 3 aromatic carbocycles.